The molecule has 3 aliphatic rings. The van der Waals surface area contributed by atoms with Crippen LogP contribution in [0.4, 0.5) is 17.1 Å². The number of hydrogen-bond acceptors (Lipinski definition) is 6. The third-order valence-corrected chi connectivity index (χ3v) is 7.78. The third kappa shape index (κ3) is 4.97. The van der Waals surface area contributed by atoms with Crippen LogP contribution in [0.5, 0.6) is 0 Å². The second-order valence-electron chi connectivity index (χ2n) is 10.4. The molecule has 38 heavy (non-hydrogen) atoms. The lowest BCUT2D eigenvalue weighted by molar-refractivity contribution is -0.384. The zero-order valence-electron chi connectivity index (χ0n) is 21.3. The summed E-state index contributed by atoms with van der Waals surface area (Å²) in [7, 11) is 0. The van der Waals surface area contributed by atoms with Crippen molar-refractivity contribution < 1.29 is 9.72 Å². The Morgan fingerprint density at radius 2 is 1.82 bits per heavy atom. The van der Waals surface area contributed by atoms with Crippen molar-refractivity contribution in [2.45, 2.75) is 44.7 Å². The number of amides is 1. The Bertz CT molecular complexity index is 1410. The minimum atomic E-state index is -0.740. The second-order valence-corrected chi connectivity index (χ2v) is 10.4. The van der Waals surface area contributed by atoms with Crippen LogP contribution in [0.2, 0.25) is 0 Å². The van der Waals surface area contributed by atoms with E-state index in [9.17, 15) is 14.9 Å². The lowest BCUT2D eigenvalue weighted by Crippen LogP contribution is -2.29. The lowest BCUT2D eigenvalue weighted by Gasteiger charge is -2.26. The van der Waals surface area contributed by atoms with Crippen LogP contribution < -0.4 is 10.6 Å². The fourth-order valence-electron chi connectivity index (χ4n) is 5.76. The van der Waals surface area contributed by atoms with Crippen LogP contribution in [-0.2, 0) is 24.3 Å². The summed E-state index contributed by atoms with van der Waals surface area (Å²) in [6.07, 6.45) is 4.72. The first kappa shape index (κ1) is 24.5. The molecule has 0 radical (unpaired) electrons. The lowest BCUT2D eigenvalue weighted by atomic mass is 9.90. The quantitative estimate of drug-likeness (QED) is 0.274. The maximum absolute atomic E-state index is 13.3. The van der Waals surface area contributed by atoms with Gasteiger partial charge in [-0.1, -0.05) is 36.8 Å². The molecule has 0 spiro atoms. The van der Waals surface area contributed by atoms with Crippen molar-refractivity contribution in [2.24, 2.45) is 4.99 Å². The van der Waals surface area contributed by atoms with Gasteiger partial charge in [0.15, 0.2) is 0 Å². The number of rotatable bonds is 6. The maximum atomic E-state index is 13.3. The number of nitro benzene ring substituents is 1. The summed E-state index contributed by atoms with van der Waals surface area (Å²) in [4.78, 5) is 31.9. The van der Waals surface area contributed by atoms with Gasteiger partial charge in [-0.05, 0) is 79.3 Å². The SMILES string of the molecule is O=C1Nc2ccc([N+](=O)[O-])cc2C1C(=Nc1ccc2c(c1)CCNC2)c1ccc(CN2CCCCC2)cc1. The predicted molar refractivity (Wildman–Crippen MR) is 148 cm³/mol. The van der Waals surface area contributed by atoms with E-state index < -0.39 is 10.8 Å². The number of fused-ring (bicyclic) bond motifs is 2. The van der Waals surface area contributed by atoms with Crippen molar-refractivity contribution in [3.05, 3.63) is 98.6 Å². The molecule has 6 rings (SSSR count). The molecular weight excluding hydrogens is 478 g/mol. The van der Waals surface area contributed by atoms with E-state index in [1.54, 1.807) is 6.07 Å². The van der Waals surface area contributed by atoms with E-state index in [0.717, 1.165) is 50.4 Å². The number of benzene rings is 3. The molecule has 3 aliphatic heterocycles. The van der Waals surface area contributed by atoms with E-state index in [-0.39, 0.29) is 11.6 Å². The van der Waals surface area contributed by atoms with Crippen LogP contribution >= 0.6 is 0 Å². The standard InChI is InChI=1S/C30H31N5O3/c36-30-28(26-17-25(35(37)38)10-11-27(26)33-30)29(32-24-9-8-23-18-31-13-12-22(23)16-24)21-6-4-20(5-7-21)19-34-14-2-1-3-15-34/h4-11,16-17,28,31H,1-3,12-15,18-19H2,(H,33,36). The molecule has 1 atom stereocenters. The largest absolute Gasteiger partial charge is 0.325 e. The summed E-state index contributed by atoms with van der Waals surface area (Å²) in [5, 5.41) is 17.8. The van der Waals surface area contributed by atoms with Gasteiger partial charge in [0.2, 0.25) is 5.91 Å². The molecule has 3 aromatic carbocycles. The molecule has 3 aromatic rings. The van der Waals surface area contributed by atoms with Gasteiger partial charge < -0.3 is 10.6 Å². The molecule has 1 unspecified atom stereocenters. The molecule has 0 saturated carbocycles. The highest BCUT2D eigenvalue weighted by Crippen LogP contribution is 2.38. The first-order valence-electron chi connectivity index (χ1n) is 13.4. The van der Waals surface area contributed by atoms with Crippen LogP contribution in [0.3, 0.4) is 0 Å². The summed E-state index contributed by atoms with van der Waals surface area (Å²) < 4.78 is 0. The number of carbonyl (C=O) groups is 1. The van der Waals surface area contributed by atoms with Crippen LogP contribution in [0.15, 0.2) is 65.7 Å². The summed E-state index contributed by atoms with van der Waals surface area (Å²) in [5.74, 6) is -0.964. The van der Waals surface area contributed by atoms with Crippen molar-refractivity contribution in [1.29, 1.82) is 0 Å². The van der Waals surface area contributed by atoms with E-state index in [4.69, 9.17) is 4.99 Å². The number of anilines is 1. The molecular formula is C30H31N5O3. The van der Waals surface area contributed by atoms with Crippen LogP contribution in [-0.4, -0.2) is 41.1 Å². The fraction of sp³-hybridized carbons (Fsp3) is 0.333. The molecule has 8 nitrogen and oxygen atoms in total. The zero-order valence-corrected chi connectivity index (χ0v) is 21.3. The highest BCUT2D eigenvalue weighted by Gasteiger charge is 2.36. The van der Waals surface area contributed by atoms with Gasteiger partial charge in [0.05, 0.1) is 16.3 Å². The Morgan fingerprint density at radius 1 is 1.00 bits per heavy atom. The number of likely N-dealkylation sites (tertiary alicyclic amines) is 1. The van der Waals surface area contributed by atoms with Gasteiger partial charge >= 0.3 is 0 Å². The van der Waals surface area contributed by atoms with Gasteiger partial charge in [-0.3, -0.25) is 24.8 Å². The number of piperidine rings is 1. The van der Waals surface area contributed by atoms with E-state index in [0.29, 0.717) is 17.0 Å². The van der Waals surface area contributed by atoms with Gasteiger partial charge in [0, 0.05) is 36.5 Å². The van der Waals surface area contributed by atoms with E-state index in [2.05, 4.69) is 39.8 Å². The first-order valence-corrected chi connectivity index (χ1v) is 13.4. The second kappa shape index (κ2) is 10.5. The molecule has 2 N–H and O–H groups in total. The highest BCUT2D eigenvalue weighted by atomic mass is 16.6. The average Bonchev–Trinajstić information content (AvgIpc) is 3.27. The number of aliphatic imine (C=N–C) groups is 1. The predicted octanol–water partition coefficient (Wildman–Crippen LogP) is 5.08. The van der Waals surface area contributed by atoms with Gasteiger partial charge in [0.1, 0.15) is 5.92 Å². The Morgan fingerprint density at radius 3 is 2.61 bits per heavy atom. The van der Waals surface area contributed by atoms with Gasteiger partial charge in [-0.15, -0.1) is 0 Å². The van der Waals surface area contributed by atoms with Gasteiger partial charge in [-0.2, -0.15) is 0 Å². The fourth-order valence-corrected chi connectivity index (χ4v) is 5.76. The van der Waals surface area contributed by atoms with E-state index in [1.165, 1.54) is 48.1 Å². The average molecular weight is 510 g/mol. The minimum absolute atomic E-state index is 0.0391. The summed E-state index contributed by atoms with van der Waals surface area (Å²) >= 11 is 0. The Kier molecular flexibility index (Phi) is 6.74. The molecule has 1 fully saturated rings. The molecule has 0 aliphatic carbocycles. The number of nitrogens with one attached hydrogen (secondary N) is 2. The van der Waals surface area contributed by atoms with Crippen molar-refractivity contribution in [2.75, 3.05) is 25.0 Å². The zero-order chi connectivity index (χ0) is 26.1. The van der Waals surface area contributed by atoms with Gasteiger partial charge in [0.25, 0.3) is 5.69 Å². The smallest absolute Gasteiger partial charge is 0.269 e. The minimum Gasteiger partial charge on any atom is -0.325 e. The molecule has 8 heteroatoms. The monoisotopic (exact) mass is 509 g/mol. The molecule has 1 saturated heterocycles. The van der Waals surface area contributed by atoms with Crippen molar-refractivity contribution in [3.8, 4) is 0 Å². The summed E-state index contributed by atoms with van der Waals surface area (Å²) in [6, 6.07) is 19.0. The Hall–Kier alpha value is -3.88. The normalized spacial score (nSPS) is 19.5. The van der Waals surface area contributed by atoms with Crippen molar-refractivity contribution >= 4 is 28.7 Å². The number of non-ortho nitro benzene ring substituents is 1. The molecule has 0 bridgehead atoms. The van der Waals surface area contributed by atoms with Gasteiger partial charge in [-0.25, -0.2) is 0 Å². The Labute approximate surface area is 221 Å². The third-order valence-electron chi connectivity index (χ3n) is 7.78. The number of nitro groups is 1. The van der Waals surface area contributed by atoms with Crippen LogP contribution in [0, 0.1) is 10.1 Å². The van der Waals surface area contributed by atoms with Crippen LogP contribution in [0.25, 0.3) is 0 Å². The van der Waals surface area contributed by atoms with Crippen molar-refractivity contribution in [1.82, 2.24) is 10.2 Å². The summed E-state index contributed by atoms with van der Waals surface area (Å²) in [6.45, 7) is 4.92. The number of hydrogen-bond donors (Lipinski definition) is 2. The van der Waals surface area contributed by atoms with E-state index >= 15 is 0 Å². The molecule has 3 heterocycles. The highest BCUT2D eigenvalue weighted by molar-refractivity contribution is 6.24. The van der Waals surface area contributed by atoms with Crippen molar-refractivity contribution in [3.63, 3.8) is 0 Å². The number of carbonyl (C=O) groups excluding carboxylic acids is 1. The first-order chi connectivity index (χ1) is 18.5. The van der Waals surface area contributed by atoms with Crippen LogP contribution in [0.1, 0.15) is 53.0 Å². The Balaban J connectivity index is 1.40. The summed E-state index contributed by atoms with van der Waals surface area (Å²) in [5.41, 5.74) is 7.10. The van der Waals surface area contributed by atoms with E-state index in [1.807, 2.05) is 18.2 Å². The topological polar surface area (TPSA) is 99.9 Å². The molecule has 1 amide bonds. The number of nitrogens with zero attached hydrogens (tertiary/aromatic N) is 3. The molecule has 0 aromatic heterocycles. The molecule has 194 valence electrons. The maximum Gasteiger partial charge on any atom is 0.269 e.